The van der Waals surface area contributed by atoms with E-state index >= 15 is 0 Å². The smallest absolute Gasteiger partial charge is 0.0390 e. The molecule has 0 aromatic heterocycles. The lowest BCUT2D eigenvalue weighted by molar-refractivity contribution is 1.09. The fraction of sp³-hybridized carbons (Fsp3) is 0.357. The third-order valence-electron chi connectivity index (χ3n) is 11.4. The Hall–Kier alpha value is -4.88. The minimum Gasteiger partial charge on any atom is -0.398 e. The first-order valence-corrected chi connectivity index (χ1v) is 21.4. The molecule has 0 spiro atoms. The van der Waals surface area contributed by atoms with Gasteiger partial charge in [0, 0.05) is 10.9 Å². The Labute approximate surface area is 347 Å². The summed E-state index contributed by atoms with van der Waals surface area (Å²) >= 11 is 0. The van der Waals surface area contributed by atoms with Crippen molar-refractivity contribution in [3.8, 4) is 0 Å². The Kier molecular flexibility index (Phi) is 20.3. The van der Waals surface area contributed by atoms with Crippen molar-refractivity contribution in [2.24, 2.45) is 0 Å². The van der Waals surface area contributed by atoms with E-state index < -0.39 is 0 Å². The molecule has 0 saturated carbocycles. The highest BCUT2D eigenvalue weighted by Gasteiger charge is 2.07. The van der Waals surface area contributed by atoms with Crippen LogP contribution in [0.2, 0.25) is 0 Å². The highest BCUT2D eigenvalue weighted by Crippen LogP contribution is 2.16. The molecule has 0 saturated heterocycles. The van der Waals surface area contributed by atoms with Crippen molar-refractivity contribution >= 4 is 63.7 Å². The Morgan fingerprint density at radius 2 is 0.895 bits per heavy atom. The first-order valence-electron chi connectivity index (χ1n) is 21.4. The zero-order valence-electron chi connectivity index (χ0n) is 38.7. The number of hydrogen-bond acceptors (Lipinski definition) is 1. The van der Waals surface area contributed by atoms with E-state index in [1.54, 1.807) is 0 Å². The van der Waals surface area contributed by atoms with Crippen molar-refractivity contribution in [3.05, 3.63) is 143 Å². The van der Waals surface area contributed by atoms with E-state index in [1.807, 2.05) is 13.0 Å². The predicted octanol–water partition coefficient (Wildman–Crippen LogP) is 11.7. The minimum atomic E-state index is 0.861. The average molecular weight is 762 g/mol. The van der Waals surface area contributed by atoms with Crippen molar-refractivity contribution in [3.63, 3.8) is 0 Å². The summed E-state index contributed by atoms with van der Waals surface area (Å²) in [6.07, 6.45) is 21.8. The maximum absolute atomic E-state index is 6.09. The largest absolute Gasteiger partial charge is 0.398 e. The van der Waals surface area contributed by atoms with Gasteiger partial charge in [0.1, 0.15) is 0 Å². The van der Waals surface area contributed by atoms with E-state index in [0.29, 0.717) is 0 Å². The second-order valence-electron chi connectivity index (χ2n) is 14.6. The molecule has 0 aliphatic heterocycles. The fourth-order valence-corrected chi connectivity index (χ4v) is 8.03. The Morgan fingerprint density at radius 1 is 0.474 bits per heavy atom. The van der Waals surface area contributed by atoms with Gasteiger partial charge in [-0.25, -0.2) is 0 Å². The van der Waals surface area contributed by atoms with Gasteiger partial charge in [-0.05, 0) is 201 Å². The van der Waals surface area contributed by atoms with Crippen molar-refractivity contribution in [2.45, 2.75) is 136 Å². The lowest BCUT2D eigenvalue weighted by Gasteiger charge is -2.10. The molecule has 1 heteroatoms. The van der Waals surface area contributed by atoms with Gasteiger partial charge in [0.15, 0.2) is 0 Å². The summed E-state index contributed by atoms with van der Waals surface area (Å²) in [5.74, 6) is 0. The molecule has 0 aliphatic carbocycles. The quantitative estimate of drug-likeness (QED) is 0.140. The standard InChI is InChI=1S/C18H22.C17H21N.C12H16.C9H16/c1-5-13-9-11-18-16(8-4)14(6-2)10-12-17(18)15(13)7-3;1-5-12-10-11(4)17-14(7-3)16(18)9-8-15(17)13(12)6-2;1-5-11-7-10(4)12(6-2)8-9(11)3;1-5-8(4)9(6-2)7-3/h7-12H,5-6H2,1-4H3;6-10H,5,18H2,1-4H3;5-8H,1-4H3;5-6H,7H2,1-4H3/b15-7+,16-8+;13-6+,14-7-;11-5-,12-6-;8-5-,9-6-. The molecule has 1 nitrogen and oxygen atoms in total. The SMILES string of the molecule is C/C=C(C)\C(=C/C)CC.C/C=c1/cc(C)/c(=C\C)cc1C.C/C=c1\c(CC)cc(C)c2/c(=C\C)c(N)ccc12.C/C=c1\c(CC)ccc2/c(=C/C)c(CC)ccc12. The first-order chi connectivity index (χ1) is 27.3. The number of nitrogens with two attached hydrogens (primary N) is 1. The normalized spacial score (nSPS) is 13.8. The van der Waals surface area contributed by atoms with Gasteiger partial charge in [-0.15, -0.1) is 0 Å². The molecular formula is C56H75N. The van der Waals surface area contributed by atoms with Crippen LogP contribution in [0.5, 0.6) is 0 Å². The van der Waals surface area contributed by atoms with Gasteiger partial charge in [0.05, 0.1) is 0 Å². The summed E-state index contributed by atoms with van der Waals surface area (Å²) in [6, 6.07) is 20.1. The molecule has 5 aromatic carbocycles. The summed E-state index contributed by atoms with van der Waals surface area (Å²) < 4.78 is 0. The number of allylic oxidation sites excluding steroid dienone is 4. The molecule has 5 rings (SSSR count). The molecule has 57 heavy (non-hydrogen) atoms. The van der Waals surface area contributed by atoms with Crippen molar-refractivity contribution in [1.29, 1.82) is 0 Å². The van der Waals surface area contributed by atoms with Crippen molar-refractivity contribution < 1.29 is 0 Å². The average Bonchev–Trinajstić information content (AvgIpc) is 3.24. The number of aryl methyl sites for hydroxylation is 6. The van der Waals surface area contributed by atoms with E-state index in [0.717, 1.165) is 36.6 Å². The third-order valence-corrected chi connectivity index (χ3v) is 11.4. The first kappa shape index (κ1) is 48.3. The number of benzene rings is 5. The monoisotopic (exact) mass is 762 g/mol. The van der Waals surface area contributed by atoms with Gasteiger partial charge >= 0.3 is 0 Å². The molecule has 0 unspecified atom stereocenters. The molecule has 0 bridgehead atoms. The number of hydrogen-bond donors (Lipinski definition) is 1. The molecule has 0 atom stereocenters. The van der Waals surface area contributed by atoms with E-state index in [2.05, 4.69) is 201 Å². The molecule has 304 valence electrons. The van der Waals surface area contributed by atoms with E-state index in [1.165, 1.54) is 92.2 Å². The molecule has 0 amide bonds. The van der Waals surface area contributed by atoms with Gasteiger partial charge < -0.3 is 5.73 Å². The third kappa shape index (κ3) is 11.8. The summed E-state index contributed by atoms with van der Waals surface area (Å²) in [6.45, 7) is 34.2. The lowest BCUT2D eigenvalue weighted by atomic mass is 9.95. The van der Waals surface area contributed by atoms with Gasteiger partial charge in [0.25, 0.3) is 0 Å². The van der Waals surface area contributed by atoms with Crippen LogP contribution in [-0.4, -0.2) is 0 Å². The molecule has 0 heterocycles. The zero-order valence-corrected chi connectivity index (χ0v) is 38.7. The summed E-state index contributed by atoms with van der Waals surface area (Å²) in [5.41, 5.74) is 18.1. The van der Waals surface area contributed by atoms with Crippen molar-refractivity contribution in [1.82, 2.24) is 0 Å². The Balaban J connectivity index is 0.000000272. The van der Waals surface area contributed by atoms with Crippen LogP contribution in [-0.2, 0) is 19.3 Å². The molecule has 2 N–H and O–H groups in total. The van der Waals surface area contributed by atoms with Gasteiger partial charge in [0.2, 0.25) is 0 Å². The Morgan fingerprint density at radius 3 is 1.23 bits per heavy atom. The second kappa shape index (κ2) is 24.0. The Bertz CT molecular complexity index is 2470. The number of anilines is 1. The molecular weight excluding hydrogens is 687 g/mol. The summed E-state index contributed by atoms with van der Waals surface area (Å²) in [7, 11) is 0. The second-order valence-corrected chi connectivity index (χ2v) is 14.6. The highest BCUT2D eigenvalue weighted by atomic mass is 14.5. The van der Waals surface area contributed by atoms with Gasteiger partial charge in [-0.2, -0.15) is 0 Å². The molecule has 5 aromatic rings. The fourth-order valence-electron chi connectivity index (χ4n) is 8.03. The summed E-state index contributed by atoms with van der Waals surface area (Å²) in [5, 5.41) is 13.4. The van der Waals surface area contributed by atoms with E-state index in [9.17, 15) is 0 Å². The van der Waals surface area contributed by atoms with E-state index in [-0.39, 0.29) is 0 Å². The summed E-state index contributed by atoms with van der Waals surface area (Å²) in [4.78, 5) is 0. The van der Waals surface area contributed by atoms with Crippen LogP contribution in [0.3, 0.4) is 0 Å². The minimum absolute atomic E-state index is 0.861. The maximum atomic E-state index is 6.09. The zero-order chi connectivity index (χ0) is 42.8. The van der Waals surface area contributed by atoms with Gasteiger partial charge in [-0.1, -0.05) is 130 Å². The number of rotatable bonds is 5. The van der Waals surface area contributed by atoms with Crippen LogP contribution in [0.25, 0.3) is 58.0 Å². The molecule has 0 fully saturated rings. The van der Waals surface area contributed by atoms with Gasteiger partial charge in [-0.3, -0.25) is 0 Å². The lowest BCUT2D eigenvalue weighted by Crippen LogP contribution is -2.17. The van der Waals surface area contributed by atoms with Crippen LogP contribution in [0.1, 0.15) is 130 Å². The van der Waals surface area contributed by atoms with Crippen LogP contribution >= 0.6 is 0 Å². The number of nitrogen functional groups attached to an aromatic ring is 1. The number of fused-ring (bicyclic) bond motifs is 2. The van der Waals surface area contributed by atoms with E-state index in [4.69, 9.17) is 5.73 Å². The van der Waals surface area contributed by atoms with Crippen LogP contribution in [0, 0.1) is 20.8 Å². The molecule has 0 radical (unpaired) electrons. The van der Waals surface area contributed by atoms with Crippen molar-refractivity contribution in [2.75, 3.05) is 5.73 Å². The predicted molar refractivity (Wildman–Crippen MR) is 263 cm³/mol. The topological polar surface area (TPSA) is 26.0 Å². The molecule has 0 aliphatic rings. The van der Waals surface area contributed by atoms with Crippen LogP contribution in [0.15, 0.2) is 77.9 Å². The highest BCUT2D eigenvalue weighted by molar-refractivity contribution is 5.91. The van der Waals surface area contributed by atoms with Crippen LogP contribution in [0.4, 0.5) is 5.69 Å². The van der Waals surface area contributed by atoms with Crippen LogP contribution < -0.4 is 37.0 Å². The maximum Gasteiger partial charge on any atom is 0.0390 e.